The van der Waals surface area contributed by atoms with Crippen LogP contribution < -0.4 is 0 Å². The Morgan fingerprint density at radius 1 is 1.12 bits per heavy atom. The number of sulfone groups is 1. The van der Waals surface area contributed by atoms with Gasteiger partial charge in [-0.15, -0.1) is 5.10 Å². The molecule has 24 heavy (non-hydrogen) atoms. The van der Waals surface area contributed by atoms with Gasteiger partial charge in [0.05, 0.1) is 10.5 Å². The van der Waals surface area contributed by atoms with Crippen LogP contribution in [0.15, 0.2) is 34.5 Å². The molecule has 1 aliphatic heterocycles. The van der Waals surface area contributed by atoms with E-state index in [1.54, 1.807) is 12.1 Å². The van der Waals surface area contributed by atoms with E-state index in [0.29, 0.717) is 19.5 Å². The number of hydrogen-bond acceptors (Lipinski definition) is 7. The van der Waals surface area contributed by atoms with E-state index < -0.39 is 21.7 Å². The predicted octanol–water partition coefficient (Wildman–Crippen LogP) is 0.845. The summed E-state index contributed by atoms with van der Waals surface area (Å²) in [6, 6.07) is 5.98. The first kappa shape index (κ1) is 16.5. The summed E-state index contributed by atoms with van der Waals surface area (Å²) < 4.78 is 27.5. The van der Waals surface area contributed by atoms with Crippen LogP contribution in [0.1, 0.15) is 27.3 Å². The molecule has 1 aromatic carbocycles. The first-order chi connectivity index (χ1) is 11.4. The predicted molar refractivity (Wildman–Crippen MR) is 86.2 cm³/mol. The minimum absolute atomic E-state index is 0.0513. The quantitative estimate of drug-likeness (QED) is 0.798. The molecule has 2 heterocycles. The van der Waals surface area contributed by atoms with Gasteiger partial charge in [0.1, 0.15) is 0 Å². The summed E-state index contributed by atoms with van der Waals surface area (Å²) in [5.74, 6) is -0.948. The van der Waals surface area contributed by atoms with Gasteiger partial charge in [-0.2, -0.15) is 0 Å². The Bertz CT molecular complexity index is 880. The van der Waals surface area contributed by atoms with Crippen molar-refractivity contribution in [1.29, 1.82) is 0 Å². The number of carbonyl (C=O) groups is 2. The summed E-state index contributed by atoms with van der Waals surface area (Å²) in [5.41, 5.74) is 0.215. The first-order valence-corrected chi connectivity index (χ1v) is 9.82. The molecule has 0 unspecified atom stereocenters. The number of hydrazine groups is 1. The van der Waals surface area contributed by atoms with E-state index >= 15 is 0 Å². The molecule has 0 atom stereocenters. The lowest BCUT2D eigenvalue weighted by molar-refractivity contribution is 0.0180. The topological polar surface area (TPSA) is 101 Å². The fourth-order valence-corrected chi connectivity index (χ4v) is 3.84. The molecule has 0 bridgehead atoms. The zero-order chi connectivity index (χ0) is 17.3. The van der Waals surface area contributed by atoms with Crippen LogP contribution in [0.5, 0.6) is 0 Å². The molecule has 1 aromatic heterocycles. The van der Waals surface area contributed by atoms with Crippen molar-refractivity contribution < 1.29 is 18.0 Å². The van der Waals surface area contributed by atoms with Crippen LogP contribution in [0.3, 0.4) is 0 Å². The van der Waals surface area contributed by atoms with E-state index in [2.05, 4.69) is 9.59 Å². The molecule has 8 nitrogen and oxygen atoms in total. The van der Waals surface area contributed by atoms with Gasteiger partial charge in [-0.1, -0.05) is 16.6 Å². The minimum atomic E-state index is -3.56. The maximum atomic E-state index is 12.8. The Morgan fingerprint density at radius 3 is 2.42 bits per heavy atom. The van der Waals surface area contributed by atoms with Gasteiger partial charge >= 0.3 is 0 Å². The Morgan fingerprint density at radius 2 is 1.79 bits per heavy atom. The van der Waals surface area contributed by atoms with Gasteiger partial charge < -0.3 is 0 Å². The second-order valence-electron chi connectivity index (χ2n) is 5.27. The van der Waals surface area contributed by atoms with E-state index in [-0.39, 0.29) is 16.2 Å². The summed E-state index contributed by atoms with van der Waals surface area (Å²) in [5, 5.41) is 7.79. The number of carbonyl (C=O) groups excluding carboxylic acids is 2. The van der Waals surface area contributed by atoms with Gasteiger partial charge in [0.25, 0.3) is 11.8 Å². The van der Waals surface area contributed by atoms with E-state index in [9.17, 15) is 18.0 Å². The Hall–Kier alpha value is -2.33. The van der Waals surface area contributed by atoms with E-state index in [1.807, 2.05) is 0 Å². The van der Waals surface area contributed by atoms with Gasteiger partial charge in [-0.3, -0.25) is 9.59 Å². The zero-order valence-electron chi connectivity index (χ0n) is 12.7. The van der Waals surface area contributed by atoms with Crippen molar-refractivity contribution in [1.82, 2.24) is 19.6 Å². The normalized spacial score (nSPS) is 14.9. The second-order valence-corrected chi connectivity index (χ2v) is 7.86. The molecular formula is C14H14N4O4S2. The van der Waals surface area contributed by atoms with E-state index in [0.717, 1.165) is 17.8 Å². The lowest BCUT2D eigenvalue weighted by Crippen LogP contribution is -2.45. The molecular weight excluding hydrogens is 352 g/mol. The van der Waals surface area contributed by atoms with Crippen LogP contribution in [0, 0.1) is 0 Å². The van der Waals surface area contributed by atoms with Crippen molar-refractivity contribution in [3.8, 4) is 0 Å². The van der Waals surface area contributed by atoms with Crippen molar-refractivity contribution in [3.05, 3.63) is 40.9 Å². The molecule has 1 aliphatic rings. The molecule has 1 saturated heterocycles. The maximum Gasteiger partial charge on any atom is 0.293 e. The van der Waals surface area contributed by atoms with Crippen molar-refractivity contribution in [3.63, 3.8) is 0 Å². The van der Waals surface area contributed by atoms with Gasteiger partial charge in [-0.25, -0.2) is 18.4 Å². The standard InChI is InChI=1S/C14H14N4O4S2/c1-24(21,22)12-6-3-2-5-10(12)13(19)17-7-4-8-18(17)14(20)11-9-23-16-15-11/h2-3,5-6,9H,4,7-8H2,1H3. The lowest BCUT2D eigenvalue weighted by Gasteiger charge is -2.27. The molecule has 0 aliphatic carbocycles. The third-order valence-electron chi connectivity index (χ3n) is 3.60. The van der Waals surface area contributed by atoms with Crippen LogP contribution in [0.2, 0.25) is 0 Å². The van der Waals surface area contributed by atoms with Crippen LogP contribution in [-0.4, -0.2) is 59.2 Å². The minimum Gasteiger partial charge on any atom is -0.267 e. The highest BCUT2D eigenvalue weighted by molar-refractivity contribution is 7.90. The number of amides is 2. The van der Waals surface area contributed by atoms with Gasteiger partial charge in [-0.05, 0) is 30.1 Å². The summed E-state index contributed by atoms with van der Waals surface area (Å²) in [6.07, 6.45) is 1.66. The molecule has 2 amide bonds. The van der Waals surface area contributed by atoms with Crippen LogP contribution in [0.25, 0.3) is 0 Å². The van der Waals surface area contributed by atoms with Crippen LogP contribution >= 0.6 is 11.5 Å². The first-order valence-electron chi connectivity index (χ1n) is 7.09. The summed E-state index contributed by atoms with van der Waals surface area (Å²) in [4.78, 5) is 25.2. The Balaban J connectivity index is 1.94. The van der Waals surface area contributed by atoms with Crippen molar-refractivity contribution >= 4 is 33.2 Å². The molecule has 0 N–H and O–H groups in total. The molecule has 3 rings (SSSR count). The second kappa shape index (κ2) is 6.29. The van der Waals surface area contributed by atoms with E-state index in [4.69, 9.17) is 0 Å². The Kier molecular flexibility index (Phi) is 4.33. The third kappa shape index (κ3) is 3.02. The number of aromatic nitrogens is 2. The summed E-state index contributed by atoms with van der Waals surface area (Å²) >= 11 is 1.05. The highest BCUT2D eigenvalue weighted by Crippen LogP contribution is 2.22. The molecule has 0 radical (unpaired) electrons. The largest absolute Gasteiger partial charge is 0.293 e. The number of rotatable bonds is 3. The van der Waals surface area contributed by atoms with Crippen LogP contribution in [-0.2, 0) is 9.84 Å². The average molecular weight is 366 g/mol. The lowest BCUT2D eigenvalue weighted by atomic mass is 10.2. The summed E-state index contributed by atoms with van der Waals surface area (Å²) in [7, 11) is -3.56. The SMILES string of the molecule is CS(=O)(=O)c1ccccc1C(=O)N1CCCN1C(=O)c1csnn1. The maximum absolute atomic E-state index is 12.8. The molecule has 1 fully saturated rings. The molecule has 10 heteroatoms. The van der Waals surface area contributed by atoms with E-state index in [1.165, 1.54) is 27.5 Å². The van der Waals surface area contributed by atoms with Crippen molar-refractivity contribution in [2.24, 2.45) is 0 Å². The molecule has 0 spiro atoms. The fraction of sp³-hybridized carbons (Fsp3) is 0.286. The Labute approximate surface area is 142 Å². The monoisotopic (exact) mass is 366 g/mol. The number of benzene rings is 1. The van der Waals surface area contributed by atoms with Crippen molar-refractivity contribution in [2.75, 3.05) is 19.3 Å². The van der Waals surface area contributed by atoms with Crippen LogP contribution in [0.4, 0.5) is 0 Å². The summed E-state index contributed by atoms with van der Waals surface area (Å²) in [6.45, 7) is 0.698. The molecule has 2 aromatic rings. The molecule has 126 valence electrons. The number of hydrogen-bond donors (Lipinski definition) is 0. The third-order valence-corrected chi connectivity index (χ3v) is 5.26. The van der Waals surface area contributed by atoms with Crippen molar-refractivity contribution in [2.45, 2.75) is 11.3 Å². The smallest absolute Gasteiger partial charge is 0.267 e. The average Bonchev–Trinajstić information content (AvgIpc) is 3.24. The van der Waals surface area contributed by atoms with Gasteiger partial charge in [0.2, 0.25) is 0 Å². The highest BCUT2D eigenvalue weighted by atomic mass is 32.2. The number of nitrogens with zero attached hydrogens (tertiary/aromatic N) is 4. The molecule has 0 saturated carbocycles. The highest BCUT2D eigenvalue weighted by Gasteiger charge is 2.34. The zero-order valence-corrected chi connectivity index (χ0v) is 14.4. The van der Waals surface area contributed by atoms with Gasteiger partial charge in [0.15, 0.2) is 15.5 Å². The van der Waals surface area contributed by atoms with Gasteiger partial charge in [0, 0.05) is 24.7 Å². The fourth-order valence-electron chi connectivity index (χ4n) is 2.53.